The number of isocyanates is 1. The second kappa shape index (κ2) is 4.16. The van der Waals surface area contributed by atoms with Crippen LogP contribution in [0.3, 0.4) is 0 Å². The van der Waals surface area contributed by atoms with Gasteiger partial charge in [-0.25, -0.2) is 9.79 Å². The summed E-state index contributed by atoms with van der Waals surface area (Å²) >= 11 is 0. The molecule has 3 nitrogen and oxygen atoms in total. The minimum absolute atomic E-state index is 0.134. The summed E-state index contributed by atoms with van der Waals surface area (Å²) in [4.78, 5) is 18.1. The molecule has 2 atom stereocenters. The van der Waals surface area contributed by atoms with Gasteiger partial charge in [-0.2, -0.15) is 0 Å². The maximum Gasteiger partial charge on any atom is 0.235 e. The van der Waals surface area contributed by atoms with E-state index in [2.05, 4.69) is 9.98 Å². The van der Waals surface area contributed by atoms with E-state index in [1.54, 1.807) is 18.5 Å². The molecular formula is C11H12N2O. The Kier molecular flexibility index (Phi) is 2.70. The Morgan fingerprint density at radius 1 is 1.36 bits per heavy atom. The van der Waals surface area contributed by atoms with Crippen LogP contribution in [0.4, 0.5) is 0 Å². The monoisotopic (exact) mass is 188 g/mol. The van der Waals surface area contributed by atoms with Crippen LogP contribution in [0.1, 0.15) is 30.7 Å². The van der Waals surface area contributed by atoms with Crippen LogP contribution in [-0.4, -0.2) is 17.1 Å². The average molecular weight is 188 g/mol. The highest BCUT2D eigenvalue weighted by Crippen LogP contribution is 2.36. The van der Waals surface area contributed by atoms with E-state index < -0.39 is 0 Å². The number of aliphatic imine (C=N–C) groups is 1. The minimum Gasteiger partial charge on any atom is -0.265 e. The molecule has 2 unspecified atom stereocenters. The molecule has 1 fully saturated rings. The molecule has 1 heterocycles. The van der Waals surface area contributed by atoms with E-state index >= 15 is 0 Å². The van der Waals surface area contributed by atoms with Gasteiger partial charge in [-0.1, -0.05) is 6.42 Å². The second-order valence-electron chi connectivity index (χ2n) is 3.61. The molecule has 0 bridgehead atoms. The quantitative estimate of drug-likeness (QED) is 0.526. The van der Waals surface area contributed by atoms with Gasteiger partial charge < -0.3 is 0 Å². The van der Waals surface area contributed by atoms with E-state index in [1.807, 2.05) is 12.1 Å². The molecule has 0 radical (unpaired) electrons. The molecule has 0 saturated heterocycles. The molecule has 2 rings (SSSR count). The summed E-state index contributed by atoms with van der Waals surface area (Å²) in [5.41, 5.74) is 1.24. The lowest BCUT2D eigenvalue weighted by molar-refractivity contribution is 0.548. The van der Waals surface area contributed by atoms with Crippen molar-refractivity contribution in [2.75, 3.05) is 0 Å². The van der Waals surface area contributed by atoms with Crippen LogP contribution in [0.15, 0.2) is 29.5 Å². The third-order valence-corrected chi connectivity index (χ3v) is 2.83. The highest BCUT2D eigenvalue weighted by atomic mass is 16.1. The van der Waals surface area contributed by atoms with Crippen molar-refractivity contribution in [1.29, 1.82) is 0 Å². The maximum atomic E-state index is 10.2. The number of rotatable bonds is 2. The van der Waals surface area contributed by atoms with Crippen molar-refractivity contribution in [2.45, 2.75) is 31.2 Å². The number of hydrogen-bond acceptors (Lipinski definition) is 3. The van der Waals surface area contributed by atoms with E-state index in [0.717, 1.165) is 19.3 Å². The zero-order valence-electron chi connectivity index (χ0n) is 7.89. The molecule has 1 aliphatic carbocycles. The van der Waals surface area contributed by atoms with Crippen molar-refractivity contribution in [3.8, 4) is 0 Å². The molecule has 72 valence electrons. The largest absolute Gasteiger partial charge is 0.265 e. The molecule has 1 aliphatic rings. The van der Waals surface area contributed by atoms with E-state index in [-0.39, 0.29) is 6.04 Å². The van der Waals surface area contributed by atoms with Gasteiger partial charge in [0.05, 0.1) is 6.04 Å². The Labute approximate surface area is 82.9 Å². The molecule has 0 amide bonds. The summed E-state index contributed by atoms with van der Waals surface area (Å²) in [6, 6.07) is 4.14. The Bertz CT molecular complexity index is 344. The lowest BCUT2D eigenvalue weighted by atomic mass is 9.95. The zero-order chi connectivity index (χ0) is 9.80. The fraction of sp³-hybridized carbons (Fsp3) is 0.455. The highest BCUT2D eigenvalue weighted by molar-refractivity contribution is 5.35. The van der Waals surface area contributed by atoms with Crippen LogP contribution < -0.4 is 0 Å². The Hall–Kier alpha value is -1.47. The molecule has 0 spiro atoms. The van der Waals surface area contributed by atoms with Crippen LogP contribution in [0, 0.1) is 0 Å². The van der Waals surface area contributed by atoms with E-state index in [1.165, 1.54) is 5.56 Å². The minimum atomic E-state index is 0.134. The first-order valence-corrected chi connectivity index (χ1v) is 4.88. The summed E-state index contributed by atoms with van der Waals surface area (Å²) in [6.07, 6.45) is 8.50. The lowest BCUT2D eigenvalue weighted by Crippen LogP contribution is -2.09. The van der Waals surface area contributed by atoms with Crippen molar-refractivity contribution in [3.05, 3.63) is 30.1 Å². The van der Waals surface area contributed by atoms with Gasteiger partial charge in [-0.05, 0) is 30.5 Å². The van der Waals surface area contributed by atoms with Crippen LogP contribution in [0.5, 0.6) is 0 Å². The van der Waals surface area contributed by atoms with E-state index in [4.69, 9.17) is 0 Å². The predicted molar refractivity (Wildman–Crippen MR) is 52.7 cm³/mol. The standard InChI is InChI=1S/C11H12N2O/c14-8-13-11-3-1-2-10(11)9-4-6-12-7-5-9/h4-7,10-11H,1-3H2. The molecule has 14 heavy (non-hydrogen) atoms. The Morgan fingerprint density at radius 2 is 2.14 bits per heavy atom. The summed E-state index contributed by atoms with van der Waals surface area (Å²) < 4.78 is 0. The number of carbonyl (C=O) groups excluding carboxylic acids is 1. The summed E-state index contributed by atoms with van der Waals surface area (Å²) in [6.45, 7) is 0. The highest BCUT2D eigenvalue weighted by Gasteiger charge is 2.28. The summed E-state index contributed by atoms with van der Waals surface area (Å²) in [7, 11) is 0. The van der Waals surface area contributed by atoms with Crippen molar-refractivity contribution in [3.63, 3.8) is 0 Å². The van der Waals surface area contributed by atoms with Gasteiger partial charge in [0.2, 0.25) is 6.08 Å². The van der Waals surface area contributed by atoms with Gasteiger partial charge in [-0.3, -0.25) is 4.98 Å². The third kappa shape index (κ3) is 1.73. The second-order valence-corrected chi connectivity index (χ2v) is 3.61. The zero-order valence-corrected chi connectivity index (χ0v) is 7.89. The van der Waals surface area contributed by atoms with Gasteiger partial charge >= 0.3 is 0 Å². The lowest BCUT2D eigenvalue weighted by Gasteiger charge is -2.13. The SMILES string of the molecule is O=C=NC1CCCC1c1ccncc1. The number of nitrogens with zero attached hydrogens (tertiary/aromatic N) is 2. The fourth-order valence-corrected chi connectivity index (χ4v) is 2.16. The molecule has 1 aromatic heterocycles. The number of aromatic nitrogens is 1. The molecule has 1 aromatic rings. The Morgan fingerprint density at radius 3 is 2.86 bits per heavy atom. The molecule has 0 N–H and O–H groups in total. The summed E-state index contributed by atoms with van der Waals surface area (Å²) in [5.74, 6) is 0.388. The molecular weight excluding hydrogens is 176 g/mol. The van der Waals surface area contributed by atoms with Gasteiger partial charge in [0.15, 0.2) is 0 Å². The van der Waals surface area contributed by atoms with Gasteiger partial charge in [0.25, 0.3) is 0 Å². The molecule has 1 saturated carbocycles. The molecule has 3 heteroatoms. The van der Waals surface area contributed by atoms with Crippen molar-refractivity contribution >= 4 is 6.08 Å². The third-order valence-electron chi connectivity index (χ3n) is 2.83. The van der Waals surface area contributed by atoms with Crippen LogP contribution >= 0.6 is 0 Å². The van der Waals surface area contributed by atoms with Crippen molar-refractivity contribution in [1.82, 2.24) is 4.98 Å². The molecule has 0 aromatic carbocycles. The van der Waals surface area contributed by atoms with E-state index in [0.29, 0.717) is 5.92 Å². The van der Waals surface area contributed by atoms with Crippen LogP contribution in [-0.2, 0) is 4.79 Å². The first kappa shape index (κ1) is 9.10. The first-order valence-electron chi connectivity index (χ1n) is 4.88. The number of hydrogen-bond donors (Lipinski definition) is 0. The van der Waals surface area contributed by atoms with Gasteiger partial charge in [0, 0.05) is 18.3 Å². The topological polar surface area (TPSA) is 42.3 Å². The first-order chi connectivity index (χ1) is 6.92. The van der Waals surface area contributed by atoms with Gasteiger partial charge in [-0.15, -0.1) is 0 Å². The fourth-order valence-electron chi connectivity index (χ4n) is 2.16. The summed E-state index contributed by atoms with van der Waals surface area (Å²) in [5, 5.41) is 0. The number of pyridine rings is 1. The van der Waals surface area contributed by atoms with Crippen LogP contribution in [0.2, 0.25) is 0 Å². The normalized spacial score (nSPS) is 25.7. The predicted octanol–water partition coefficient (Wildman–Crippen LogP) is 2.05. The van der Waals surface area contributed by atoms with Gasteiger partial charge in [0.1, 0.15) is 0 Å². The van der Waals surface area contributed by atoms with Crippen molar-refractivity contribution < 1.29 is 4.79 Å². The maximum absolute atomic E-state index is 10.2. The smallest absolute Gasteiger partial charge is 0.235 e. The van der Waals surface area contributed by atoms with E-state index in [9.17, 15) is 4.79 Å². The average Bonchev–Trinajstić information content (AvgIpc) is 2.68. The van der Waals surface area contributed by atoms with Crippen molar-refractivity contribution in [2.24, 2.45) is 4.99 Å². The van der Waals surface area contributed by atoms with Crippen LogP contribution in [0.25, 0.3) is 0 Å². The Balaban J connectivity index is 2.21. The molecule has 0 aliphatic heterocycles.